The van der Waals surface area contributed by atoms with Gasteiger partial charge in [0.15, 0.2) is 5.82 Å². The van der Waals surface area contributed by atoms with Crippen LogP contribution in [0.3, 0.4) is 0 Å². The maximum Gasteiger partial charge on any atom is 0.256 e. The van der Waals surface area contributed by atoms with Gasteiger partial charge in [0, 0.05) is 31.7 Å². The monoisotopic (exact) mass is 393 g/mol. The van der Waals surface area contributed by atoms with E-state index in [4.69, 9.17) is 0 Å². The number of halogens is 1. The average Bonchev–Trinajstić information content (AvgIpc) is 3.22. The lowest BCUT2D eigenvalue weighted by molar-refractivity contribution is 0.0590. The second-order valence-corrected chi connectivity index (χ2v) is 7.49. The van der Waals surface area contributed by atoms with Crippen LogP contribution in [0.25, 0.3) is 5.69 Å². The lowest BCUT2D eigenvalue weighted by atomic mass is 9.82. The van der Waals surface area contributed by atoms with Crippen molar-refractivity contribution in [3.8, 4) is 5.69 Å². The molecule has 2 aliphatic heterocycles. The van der Waals surface area contributed by atoms with Gasteiger partial charge < -0.3 is 9.80 Å². The van der Waals surface area contributed by atoms with Crippen LogP contribution >= 0.6 is 0 Å². The molecular formula is C20H20FN7O. The van der Waals surface area contributed by atoms with Crippen molar-refractivity contribution >= 4 is 11.7 Å². The fraction of sp³-hybridized carbons (Fsp3) is 0.350. The van der Waals surface area contributed by atoms with Crippen LogP contribution < -0.4 is 4.90 Å². The molecule has 0 spiro atoms. The zero-order valence-corrected chi connectivity index (χ0v) is 15.9. The number of likely N-dealkylation sites (tertiary alicyclic amines) is 1. The number of benzene rings is 1. The van der Waals surface area contributed by atoms with E-state index in [-0.39, 0.29) is 23.2 Å². The van der Waals surface area contributed by atoms with Gasteiger partial charge in [-0.3, -0.25) is 9.78 Å². The van der Waals surface area contributed by atoms with Gasteiger partial charge in [0.05, 0.1) is 35.9 Å². The molecule has 2 fully saturated rings. The highest BCUT2D eigenvalue weighted by molar-refractivity contribution is 5.98. The van der Waals surface area contributed by atoms with Gasteiger partial charge in [-0.2, -0.15) is 10.2 Å². The van der Waals surface area contributed by atoms with E-state index in [0.717, 1.165) is 29.3 Å². The number of hydrogen-bond donors (Lipinski definition) is 0. The van der Waals surface area contributed by atoms with Gasteiger partial charge in [-0.1, -0.05) is 6.07 Å². The van der Waals surface area contributed by atoms with E-state index in [9.17, 15) is 9.18 Å². The zero-order chi connectivity index (χ0) is 20.0. The van der Waals surface area contributed by atoms with Crippen LogP contribution in [0.15, 0.2) is 43.0 Å². The van der Waals surface area contributed by atoms with Crippen LogP contribution in [-0.4, -0.2) is 61.4 Å². The third-order valence-electron chi connectivity index (χ3n) is 5.71. The molecule has 1 aromatic carbocycles. The quantitative estimate of drug-likeness (QED) is 0.676. The van der Waals surface area contributed by atoms with Crippen molar-refractivity contribution in [3.05, 3.63) is 60.1 Å². The number of anilines is 1. The molecule has 148 valence electrons. The fourth-order valence-corrected chi connectivity index (χ4v) is 4.23. The van der Waals surface area contributed by atoms with Gasteiger partial charge in [0.1, 0.15) is 11.5 Å². The van der Waals surface area contributed by atoms with Crippen LogP contribution in [-0.2, 0) is 0 Å². The summed E-state index contributed by atoms with van der Waals surface area (Å²) in [7, 11) is 0. The molecule has 9 heteroatoms. The third kappa shape index (κ3) is 3.02. The van der Waals surface area contributed by atoms with Crippen LogP contribution in [0.5, 0.6) is 0 Å². The maximum absolute atomic E-state index is 14.5. The number of aryl methyl sites for hydroxylation is 1. The Kier molecular flexibility index (Phi) is 4.22. The summed E-state index contributed by atoms with van der Waals surface area (Å²) in [5.41, 5.74) is 1.21. The van der Waals surface area contributed by atoms with E-state index in [0.29, 0.717) is 19.0 Å². The molecule has 0 saturated carbocycles. The molecule has 2 saturated heterocycles. The highest BCUT2D eigenvalue weighted by Crippen LogP contribution is 2.36. The Balaban J connectivity index is 1.40. The number of piperidine rings is 1. The molecule has 2 atom stereocenters. The topological polar surface area (TPSA) is 80.0 Å². The number of carbonyl (C=O) groups excluding carboxylic acids is 1. The van der Waals surface area contributed by atoms with Gasteiger partial charge in [0.25, 0.3) is 5.91 Å². The summed E-state index contributed by atoms with van der Waals surface area (Å²) in [4.78, 5) is 27.2. The Morgan fingerprint density at radius 3 is 2.79 bits per heavy atom. The van der Waals surface area contributed by atoms with E-state index >= 15 is 0 Å². The summed E-state index contributed by atoms with van der Waals surface area (Å²) in [6.45, 7) is 4.06. The van der Waals surface area contributed by atoms with Crippen LogP contribution in [0.2, 0.25) is 0 Å². The van der Waals surface area contributed by atoms with Gasteiger partial charge >= 0.3 is 0 Å². The summed E-state index contributed by atoms with van der Waals surface area (Å²) in [5, 5.41) is 8.01. The molecule has 0 aliphatic carbocycles. The SMILES string of the molecule is Cc1cncc(N2C[C@@H]3CCN(C(=O)c4cccc(F)c4-n4nccn4)C[C@@H]32)n1. The van der Waals surface area contributed by atoms with Gasteiger partial charge in [-0.15, -0.1) is 4.80 Å². The van der Waals surface area contributed by atoms with E-state index in [1.54, 1.807) is 29.4 Å². The lowest BCUT2D eigenvalue weighted by Gasteiger charge is -2.53. The molecule has 8 nitrogen and oxygen atoms in total. The first-order valence-corrected chi connectivity index (χ1v) is 9.61. The van der Waals surface area contributed by atoms with Gasteiger partial charge in [-0.25, -0.2) is 9.37 Å². The standard InChI is InChI=1S/C20H20FN7O/c1-13-9-22-10-18(25-13)27-11-14-5-8-26(12-17(14)27)20(29)15-3-2-4-16(21)19(15)28-23-6-7-24-28/h2-4,6-7,9-10,14,17H,5,8,11-12H2,1H3/t14-,17-/m0/s1. The molecule has 29 heavy (non-hydrogen) atoms. The smallest absolute Gasteiger partial charge is 0.256 e. The zero-order valence-electron chi connectivity index (χ0n) is 15.9. The Morgan fingerprint density at radius 1 is 1.17 bits per heavy atom. The van der Waals surface area contributed by atoms with Gasteiger partial charge in [-0.05, 0) is 25.5 Å². The Bertz CT molecular complexity index is 1050. The number of hydrogen-bond acceptors (Lipinski definition) is 6. The average molecular weight is 393 g/mol. The molecule has 0 radical (unpaired) electrons. The Morgan fingerprint density at radius 2 is 2.00 bits per heavy atom. The minimum Gasteiger partial charge on any atom is -0.350 e. The summed E-state index contributed by atoms with van der Waals surface area (Å²) < 4.78 is 14.5. The molecule has 0 bridgehead atoms. The van der Waals surface area contributed by atoms with E-state index < -0.39 is 5.82 Å². The predicted octanol–water partition coefficient (Wildman–Crippen LogP) is 1.86. The Labute approximate surface area is 167 Å². The molecule has 5 rings (SSSR count). The first-order valence-electron chi connectivity index (χ1n) is 9.61. The number of para-hydroxylation sites is 1. The third-order valence-corrected chi connectivity index (χ3v) is 5.71. The molecule has 0 N–H and O–H groups in total. The molecule has 2 aromatic heterocycles. The van der Waals surface area contributed by atoms with Crippen LogP contribution in [0, 0.1) is 18.7 Å². The molecule has 1 amide bonds. The highest BCUT2D eigenvalue weighted by atomic mass is 19.1. The largest absolute Gasteiger partial charge is 0.350 e. The maximum atomic E-state index is 14.5. The van der Waals surface area contributed by atoms with Crippen molar-refractivity contribution in [2.24, 2.45) is 5.92 Å². The second kappa shape index (κ2) is 6.91. The second-order valence-electron chi connectivity index (χ2n) is 7.49. The first kappa shape index (κ1) is 17.7. The van der Waals surface area contributed by atoms with Crippen molar-refractivity contribution in [1.29, 1.82) is 0 Å². The molecule has 2 aliphatic rings. The Hall–Kier alpha value is -3.36. The van der Waals surface area contributed by atoms with Crippen molar-refractivity contribution < 1.29 is 9.18 Å². The molecular weight excluding hydrogens is 373 g/mol. The normalized spacial score (nSPS) is 20.9. The van der Waals surface area contributed by atoms with Crippen LogP contribution in [0.4, 0.5) is 10.2 Å². The molecule has 4 heterocycles. The lowest BCUT2D eigenvalue weighted by Crippen LogP contribution is -2.65. The number of carbonyl (C=O) groups is 1. The van der Waals surface area contributed by atoms with Crippen molar-refractivity contribution in [2.75, 3.05) is 24.5 Å². The van der Waals surface area contributed by atoms with Crippen molar-refractivity contribution in [1.82, 2.24) is 29.9 Å². The van der Waals surface area contributed by atoms with E-state index in [1.165, 1.54) is 18.5 Å². The van der Waals surface area contributed by atoms with E-state index in [1.807, 2.05) is 6.92 Å². The molecule has 3 aromatic rings. The fourth-order valence-electron chi connectivity index (χ4n) is 4.23. The van der Waals surface area contributed by atoms with Crippen molar-refractivity contribution in [3.63, 3.8) is 0 Å². The number of fused-ring (bicyclic) bond motifs is 1. The minimum absolute atomic E-state index is 0.0830. The predicted molar refractivity (Wildman–Crippen MR) is 103 cm³/mol. The summed E-state index contributed by atoms with van der Waals surface area (Å²) in [5.74, 6) is 0.633. The summed E-state index contributed by atoms with van der Waals surface area (Å²) in [6, 6.07) is 4.68. The minimum atomic E-state index is -0.526. The van der Waals surface area contributed by atoms with E-state index in [2.05, 4.69) is 25.1 Å². The van der Waals surface area contributed by atoms with Crippen molar-refractivity contribution in [2.45, 2.75) is 19.4 Å². The number of aromatic nitrogens is 5. The highest BCUT2D eigenvalue weighted by Gasteiger charge is 2.44. The van der Waals surface area contributed by atoms with Gasteiger partial charge in [0.2, 0.25) is 0 Å². The molecule has 0 unspecified atom stereocenters. The number of amides is 1. The number of rotatable bonds is 3. The first-order chi connectivity index (χ1) is 14.1. The summed E-state index contributed by atoms with van der Waals surface area (Å²) in [6.07, 6.45) is 7.32. The number of nitrogens with zero attached hydrogens (tertiary/aromatic N) is 7. The van der Waals surface area contributed by atoms with Crippen LogP contribution in [0.1, 0.15) is 22.5 Å². The summed E-state index contributed by atoms with van der Waals surface area (Å²) >= 11 is 0.